The number of epoxide rings is 1. The van der Waals surface area contributed by atoms with Gasteiger partial charge in [-0.25, -0.2) is 4.79 Å². The summed E-state index contributed by atoms with van der Waals surface area (Å²) < 4.78 is 23.5. The van der Waals surface area contributed by atoms with Crippen LogP contribution in [0.4, 0.5) is 0 Å². The molecule has 0 saturated carbocycles. The fourth-order valence-electron chi connectivity index (χ4n) is 5.69. The van der Waals surface area contributed by atoms with E-state index in [1.165, 1.54) is 20.0 Å². The number of allylic oxidation sites excluding steroid dienone is 1. The third-order valence-corrected chi connectivity index (χ3v) is 8.18. The Morgan fingerprint density at radius 2 is 1.92 bits per heavy atom. The van der Waals surface area contributed by atoms with Crippen LogP contribution in [0.1, 0.15) is 105 Å². The Labute approximate surface area is 216 Å². The molecule has 1 saturated heterocycles. The van der Waals surface area contributed by atoms with Crippen molar-refractivity contribution in [2.75, 3.05) is 7.11 Å². The summed E-state index contributed by atoms with van der Waals surface area (Å²) >= 11 is 0. The Bertz CT molecular complexity index is 862. The van der Waals surface area contributed by atoms with Gasteiger partial charge in [0.25, 0.3) is 0 Å². The number of aliphatic hydroxyl groups excluding tert-OH is 1. The molecule has 6 atom stereocenters. The second-order valence-corrected chi connectivity index (χ2v) is 11.2. The van der Waals surface area contributed by atoms with E-state index in [-0.39, 0.29) is 18.0 Å². The zero-order valence-electron chi connectivity index (χ0n) is 23.1. The van der Waals surface area contributed by atoms with Crippen molar-refractivity contribution in [1.29, 1.82) is 0 Å². The van der Waals surface area contributed by atoms with E-state index in [4.69, 9.17) is 18.9 Å². The lowest BCUT2D eigenvalue weighted by atomic mass is 9.84. The first-order valence-corrected chi connectivity index (χ1v) is 13.8. The monoisotopic (exact) mass is 506 g/mol. The first-order chi connectivity index (χ1) is 17.1. The largest absolute Gasteiger partial charge is 0.462 e. The molecule has 204 valence electrons. The van der Waals surface area contributed by atoms with Crippen molar-refractivity contribution in [2.24, 2.45) is 5.92 Å². The minimum atomic E-state index is -1.32. The molecule has 2 heterocycles. The Morgan fingerprint density at radius 3 is 2.61 bits per heavy atom. The normalized spacial score (nSPS) is 36.8. The van der Waals surface area contributed by atoms with Crippen molar-refractivity contribution in [3.63, 3.8) is 0 Å². The van der Waals surface area contributed by atoms with Crippen LogP contribution in [0.2, 0.25) is 0 Å². The Morgan fingerprint density at radius 1 is 1.19 bits per heavy atom. The molecule has 7 nitrogen and oxygen atoms in total. The molecule has 7 heteroatoms. The molecular weight excluding hydrogens is 460 g/mol. The number of fused-ring (bicyclic) bond motifs is 2. The van der Waals surface area contributed by atoms with Crippen molar-refractivity contribution in [1.82, 2.24) is 0 Å². The van der Waals surface area contributed by atoms with Gasteiger partial charge in [-0.05, 0) is 58.8 Å². The third-order valence-electron chi connectivity index (χ3n) is 8.18. The highest BCUT2D eigenvalue weighted by Crippen LogP contribution is 2.50. The van der Waals surface area contributed by atoms with Crippen LogP contribution in [-0.4, -0.2) is 53.9 Å². The maximum atomic E-state index is 12.6. The van der Waals surface area contributed by atoms with Gasteiger partial charge in [0, 0.05) is 31.1 Å². The van der Waals surface area contributed by atoms with Crippen LogP contribution in [0.25, 0.3) is 0 Å². The summed E-state index contributed by atoms with van der Waals surface area (Å²) in [5.74, 6) is -1.73. The maximum Gasteiger partial charge on any atom is 0.336 e. The van der Waals surface area contributed by atoms with Crippen LogP contribution < -0.4 is 0 Å². The Balaban J connectivity index is 1.76. The first-order valence-electron chi connectivity index (χ1n) is 13.8. The molecule has 0 radical (unpaired) electrons. The molecule has 0 aromatic heterocycles. The van der Waals surface area contributed by atoms with E-state index in [1.807, 2.05) is 13.8 Å². The SMILES string of the molecule is CCCCCCCC(=O)O[C@H]1CC[C@]2(C)O[C@H]2[C@H](O)C2=C(C)C(=O)OC2(OC)C/C(C)=C/CC[C@H]1C. The second kappa shape index (κ2) is 12.2. The number of esters is 2. The second-order valence-electron chi connectivity index (χ2n) is 11.2. The summed E-state index contributed by atoms with van der Waals surface area (Å²) in [6, 6.07) is 0. The first kappa shape index (κ1) is 28.9. The average molecular weight is 507 g/mol. The van der Waals surface area contributed by atoms with Gasteiger partial charge in [0.05, 0.1) is 5.60 Å². The summed E-state index contributed by atoms with van der Waals surface area (Å²) in [6.07, 6.45) is 9.67. The highest BCUT2D eigenvalue weighted by molar-refractivity contribution is 5.92. The molecule has 1 N–H and O–H groups in total. The topological polar surface area (TPSA) is 94.6 Å². The number of aliphatic hydroxyl groups is 1. The number of ether oxygens (including phenoxy) is 4. The minimum absolute atomic E-state index is 0.123. The molecule has 0 amide bonds. The van der Waals surface area contributed by atoms with E-state index in [1.54, 1.807) is 6.92 Å². The maximum absolute atomic E-state index is 12.6. The van der Waals surface area contributed by atoms with E-state index in [0.29, 0.717) is 36.8 Å². The van der Waals surface area contributed by atoms with Crippen LogP contribution in [0.5, 0.6) is 0 Å². The summed E-state index contributed by atoms with van der Waals surface area (Å²) in [6.45, 7) is 9.94. The highest BCUT2D eigenvalue weighted by Gasteiger charge is 2.61. The van der Waals surface area contributed by atoms with Gasteiger partial charge in [-0.1, -0.05) is 51.2 Å². The molecule has 1 aliphatic carbocycles. The van der Waals surface area contributed by atoms with Crippen molar-refractivity contribution < 1.29 is 33.6 Å². The number of hydrogen-bond donors (Lipinski definition) is 1. The molecule has 0 aromatic carbocycles. The number of carbonyl (C=O) groups excluding carboxylic acids is 2. The smallest absolute Gasteiger partial charge is 0.336 e. The third kappa shape index (κ3) is 6.59. The van der Waals surface area contributed by atoms with Crippen LogP contribution >= 0.6 is 0 Å². The lowest BCUT2D eigenvalue weighted by Crippen LogP contribution is -2.41. The highest BCUT2D eigenvalue weighted by atomic mass is 16.7. The Kier molecular flexibility index (Phi) is 9.81. The zero-order valence-corrected chi connectivity index (χ0v) is 23.1. The molecule has 3 rings (SSSR count). The molecule has 0 spiro atoms. The zero-order chi connectivity index (χ0) is 26.5. The van der Waals surface area contributed by atoms with Gasteiger partial charge < -0.3 is 24.1 Å². The van der Waals surface area contributed by atoms with E-state index >= 15 is 0 Å². The number of carbonyl (C=O) groups is 2. The molecule has 0 aromatic rings. The molecule has 2 aliphatic heterocycles. The predicted octanol–water partition coefficient (Wildman–Crippen LogP) is 5.54. The lowest BCUT2D eigenvalue weighted by Gasteiger charge is -2.32. The van der Waals surface area contributed by atoms with Gasteiger partial charge in [-0.3, -0.25) is 4.79 Å². The summed E-state index contributed by atoms with van der Waals surface area (Å²) in [7, 11) is 1.51. The van der Waals surface area contributed by atoms with E-state index in [2.05, 4.69) is 19.9 Å². The fourth-order valence-corrected chi connectivity index (χ4v) is 5.69. The van der Waals surface area contributed by atoms with Crippen molar-refractivity contribution in [2.45, 2.75) is 135 Å². The number of methoxy groups -OCH3 is 1. The quantitative estimate of drug-likeness (QED) is 0.200. The van der Waals surface area contributed by atoms with E-state index in [9.17, 15) is 14.7 Å². The van der Waals surface area contributed by atoms with E-state index < -0.39 is 29.6 Å². The molecule has 3 aliphatic rings. The molecule has 0 bridgehead atoms. The fraction of sp³-hybridized carbons (Fsp3) is 0.793. The molecule has 36 heavy (non-hydrogen) atoms. The van der Waals surface area contributed by atoms with E-state index in [0.717, 1.165) is 37.7 Å². The van der Waals surface area contributed by atoms with Gasteiger partial charge in [0.15, 0.2) is 0 Å². The van der Waals surface area contributed by atoms with Gasteiger partial charge in [0.1, 0.15) is 18.3 Å². The molecular formula is C29H46O7. The van der Waals surface area contributed by atoms with Gasteiger partial charge in [-0.2, -0.15) is 0 Å². The average Bonchev–Trinajstić information content (AvgIpc) is 3.44. The summed E-state index contributed by atoms with van der Waals surface area (Å²) in [4.78, 5) is 25.2. The van der Waals surface area contributed by atoms with Crippen LogP contribution in [0.3, 0.4) is 0 Å². The van der Waals surface area contributed by atoms with Gasteiger partial charge in [-0.15, -0.1) is 0 Å². The van der Waals surface area contributed by atoms with Crippen LogP contribution in [0, 0.1) is 5.92 Å². The summed E-state index contributed by atoms with van der Waals surface area (Å²) in [5, 5.41) is 11.4. The number of unbranched alkanes of at least 4 members (excludes halogenated alkanes) is 4. The van der Waals surface area contributed by atoms with Crippen LogP contribution in [-0.2, 0) is 28.5 Å². The molecule has 1 fully saturated rings. The Hall–Kier alpha value is -1.70. The lowest BCUT2D eigenvalue weighted by molar-refractivity contribution is -0.195. The number of hydrogen-bond acceptors (Lipinski definition) is 7. The molecule has 1 unspecified atom stereocenters. The number of rotatable bonds is 8. The van der Waals surface area contributed by atoms with Crippen molar-refractivity contribution in [3.05, 3.63) is 22.8 Å². The predicted molar refractivity (Wildman–Crippen MR) is 137 cm³/mol. The van der Waals surface area contributed by atoms with Gasteiger partial charge >= 0.3 is 11.9 Å². The van der Waals surface area contributed by atoms with Crippen molar-refractivity contribution >= 4 is 11.9 Å². The van der Waals surface area contributed by atoms with Gasteiger partial charge in [0.2, 0.25) is 5.79 Å². The summed E-state index contributed by atoms with van der Waals surface area (Å²) in [5.41, 5.74) is 1.26. The van der Waals surface area contributed by atoms with Crippen molar-refractivity contribution in [3.8, 4) is 0 Å². The standard InChI is InChI=1S/C29H46O7/c1-7-8-9-10-11-15-23(30)34-22-16-17-28(5)26(35-28)25(31)24-21(4)27(32)36-29(24,33-6)18-19(2)13-12-14-20(22)3/h13,20,22,25-26,31H,7-12,14-18H2,1-6H3/b19-13+/t20-,22+,25-,26+,28+,29?/m1/s1. The minimum Gasteiger partial charge on any atom is -0.462 e. The van der Waals surface area contributed by atoms with Crippen LogP contribution in [0.15, 0.2) is 22.8 Å².